The Bertz CT molecular complexity index is 2160. The van der Waals surface area contributed by atoms with E-state index >= 15 is 4.39 Å². The Morgan fingerprint density at radius 1 is 0.927 bits per heavy atom. The number of nitrogens with zero attached hydrogens (tertiary/aromatic N) is 6. The van der Waals surface area contributed by atoms with Gasteiger partial charge < -0.3 is 19.6 Å². The fraction of sp³-hybridized carbons (Fsp3) is 0.452. The minimum atomic E-state index is -1.51. The van der Waals surface area contributed by atoms with Crippen molar-refractivity contribution in [2.24, 2.45) is 5.41 Å². The van der Waals surface area contributed by atoms with E-state index in [1.54, 1.807) is 15.9 Å². The molecule has 55 heavy (non-hydrogen) atoms. The molecule has 1 N–H and O–H groups in total. The van der Waals surface area contributed by atoms with Gasteiger partial charge in [0.2, 0.25) is 11.8 Å². The second-order valence-electron chi connectivity index (χ2n) is 16.6. The molecule has 9 rings (SSSR count). The van der Waals surface area contributed by atoms with Crippen molar-refractivity contribution >= 4 is 46.6 Å². The molecule has 3 aromatic carbocycles. The maximum Gasteiger partial charge on any atom is 0.255 e. The molecule has 2 atom stereocenters. The molecular formula is C42H43ClFN7O4. The number of alkyl halides is 1. The van der Waals surface area contributed by atoms with Crippen LogP contribution in [0, 0.1) is 16.7 Å². The van der Waals surface area contributed by atoms with E-state index in [1.807, 2.05) is 53.4 Å². The highest BCUT2D eigenvalue weighted by molar-refractivity contribution is 6.32. The van der Waals surface area contributed by atoms with Gasteiger partial charge in [-0.25, -0.2) is 4.39 Å². The van der Waals surface area contributed by atoms with Crippen LogP contribution in [0.25, 0.3) is 0 Å². The molecule has 284 valence electrons. The van der Waals surface area contributed by atoms with Crippen LogP contribution in [0.15, 0.2) is 54.6 Å². The first kappa shape index (κ1) is 35.7. The number of fused-ring (bicyclic) bond motifs is 2. The number of amides is 4. The SMILES string of the molecule is C[C@H]1CC2(CCN(c3ccc(C(=O)N4CC(F)(CN5Cc6cc7c(cc6C5)C(=O)N(C5CCC(=O)NC5=O)C7)C4)cc3)CC2)CN1c1ccc(C#N)c(Cl)c1. The van der Waals surface area contributed by atoms with Crippen molar-refractivity contribution in [2.75, 3.05) is 49.1 Å². The Kier molecular flexibility index (Phi) is 8.66. The zero-order valence-corrected chi connectivity index (χ0v) is 31.6. The Morgan fingerprint density at radius 2 is 1.64 bits per heavy atom. The summed E-state index contributed by atoms with van der Waals surface area (Å²) < 4.78 is 16.0. The number of carbonyl (C=O) groups excluding carboxylic acids is 4. The summed E-state index contributed by atoms with van der Waals surface area (Å²) in [6, 6.07) is 19.2. The standard InChI is InChI=1S/C42H43ClFN7O4/c1-26-17-41(22-51(26)33-7-4-28(18-45)35(43)16-33)10-12-48(13-11-41)32-5-2-27(3-6-32)39(54)49-24-42(44,25-49)23-47-19-29-14-31-21-50(36-8-9-37(52)46-38(36)53)40(55)34(31)15-30(29)20-47/h2-7,14-16,26,36H,8-13,17,19-25H2,1H3,(H,46,52,53)/t26-,36?/m0/s1. The zero-order valence-electron chi connectivity index (χ0n) is 30.8. The van der Waals surface area contributed by atoms with E-state index in [0.717, 1.165) is 67.0 Å². The maximum atomic E-state index is 16.0. The Balaban J connectivity index is 0.756. The summed E-state index contributed by atoms with van der Waals surface area (Å²) in [5.41, 5.74) is 5.35. The highest BCUT2D eigenvalue weighted by atomic mass is 35.5. The van der Waals surface area contributed by atoms with Gasteiger partial charge in [-0.1, -0.05) is 17.7 Å². The number of hydrogen-bond acceptors (Lipinski definition) is 8. The topological polar surface area (TPSA) is 120 Å². The third-order valence-electron chi connectivity index (χ3n) is 12.8. The summed E-state index contributed by atoms with van der Waals surface area (Å²) in [4.78, 5) is 60.6. The minimum absolute atomic E-state index is 0.0364. The number of nitrogens with one attached hydrogen (secondary N) is 1. The lowest BCUT2D eigenvalue weighted by Crippen LogP contribution is -2.64. The molecule has 4 fully saturated rings. The molecule has 0 saturated carbocycles. The average molecular weight is 764 g/mol. The second kappa shape index (κ2) is 13.3. The predicted octanol–water partition coefficient (Wildman–Crippen LogP) is 5.04. The van der Waals surface area contributed by atoms with Gasteiger partial charge >= 0.3 is 0 Å². The number of rotatable bonds is 6. The molecule has 6 aliphatic heterocycles. The van der Waals surface area contributed by atoms with Crippen LogP contribution in [0.3, 0.4) is 0 Å². The lowest BCUT2D eigenvalue weighted by Gasteiger charge is -2.46. The van der Waals surface area contributed by atoms with Gasteiger partial charge in [-0.3, -0.25) is 29.4 Å². The molecule has 13 heteroatoms. The predicted molar refractivity (Wildman–Crippen MR) is 204 cm³/mol. The molecule has 4 amide bonds. The third kappa shape index (κ3) is 6.41. The van der Waals surface area contributed by atoms with Crippen LogP contribution in [0.1, 0.15) is 82.0 Å². The van der Waals surface area contributed by atoms with Crippen molar-refractivity contribution in [1.82, 2.24) is 20.0 Å². The van der Waals surface area contributed by atoms with E-state index in [4.69, 9.17) is 11.6 Å². The largest absolute Gasteiger partial charge is 0.371 e. The van der Waals surface area contributed by atoms with E-state index in [1.165, 1.54) is 0 Å². The van der Waals surface area contributed by atoms with Crippen LogP contribution in [0.5, 0.6) is 0 Å². The van der Waals surface area contributed by atoms with Gasteiger partial charge in [0.25, 0.3) is 11.8 Å². The third-order valence-corrected chi connectivity index (χ3v) is 13.2. The Labute approximate surface area is 324 Å². The van der Waals surface area contributed by atoms with Crippen molar-refractivity contribution in [1.29, 1.82) is 5.26 Å². The van der Waals surface area contributed by atoms with Gasteiger partial charge in [0.1, 0.15) is 12.1 Å². The van der Waals surface area contributed by atoms with Crippen LogP contribution in [-0.2, 0) is 29.2 Å². The minimum Gasteiger partial charge on any atom is -0.371 e. The van der Waals surface area contributed by atoms with E-state index in [0.29, 0.717) is 53.8 Å². The quantitative estimate of drug-likeness (QED) is 0.347. The van der Waals surface area contributed by atoms with Crippen LogP contribution in [0.2, 0.25) is 5.02 Å². The summed E-state index contributed by atoms with van der Waals surface area (Å²) in [7, 11) is 0. The van der Waals surface area contributed by atoms with Gasteiger partial charge in [-0.15, -0.1) is 0 Å². The van der Waals surface area contributed by atoms with Crippen molar-refractivity contribution in [2.45, 2.75) is 76.4 Å². The fourth-order valence-electron chi connectivity index (χ4n) is 9.97. The molecule has 0 radical (unpaired) electrons. The average Bonchev–Trinajstić information content (AvgIpc) is 3.80. The summed E-state index contributed by atoms with van der Waals surface area (Å²) >= 11 is 6.36. The molecular weight excluding hydrogens is 721 g/mol. The van der Waals surface area contributed by atoms with E-state index < -0.39 is 17.6 Å². The number of carbonyl (C=O) groups is 4. The fourth-order valence-corrected chi connectivity index (χ4v) is 10.2. The zero-order chi connectivity index (χ0) is 38.2. The van der Waals surface area contributed by atoms with Crippen molar-refractivity contribution in [3.63, 3.8) is 0 Å². The van der Waals surface area contributed by atoms with Crippen molar-refractivity contribution < 1.29 is 23.6 Å². The smallest absolute Gasteiger partial charge is 0.255 e. The molecule has 0 aliphatic carbocycles. The highest BCUT2D eigenvalue weighted by Crippen LogP contribution is 2.46. The molecule has 11 nitrogen and oxygen atoms in total. The lowest BCUT2D eigenvalue weighted by molar-refractivity contribution is -0.136. The van der Waals surface area contributed by atoms with E-state index in [-0.39, 0.29) is 49.2 Å². The highest BCUT2D eigenvalue weighted by Gasteiger charge is 2.48. The van der Waals surface area contributed by atoms with Crippen LogP contribution in [-0.4, -0.2) is 95.3 Å². The van der Waals surface area contributed by atoms with Crippen molar-refractivity contribution in [3.8, 4) is 6.07 Å². The van der Waals surface area contributed by atoms with Gasteiger partial charge in [0, 0.05) is 80.8 Å². The number of anilines is 2. The number of imide groups is 1. The molecule has 6 aliphatic rings. The Morgan fingerprint density at radius 3 is 2.33 bits per heavy atom. The molecule has 3 aromatic rings. The summed E-state index contributed by atoms with van der Waals surface area (Å²) in [6.45, 7) is 6.72. The second-order valence-corrected chi connectivity index (χ2v) is 17.0. The number of likely N-dealkylation sites (tertiary alicyclic amines) is 1. The summed E-state index contributed by atoms with van der Waals surface area (Å²) in [6.07, 6.45) is 3.77. The molecule has 1 unspecified atom stereocenters. The molecule has 0 aromatic heterocycles. The van der Waals surface area contributed by atoms with Gasteiger partial charge in [0.15, 0.2) is 5.67 Å². The number of hydrogen-bond donors (Lipinski definition) is 1. The maximum absolute atomic E-state index is 16.0. The molecule has 0 bridgehead atoms. The lowest BCUT2D eigenvalue weighted by atomic mass is 9.76. The van der Waals surface area contributed by atoms with Crippen LogP contribution < -0.4 is 15.1 Å². The number of benzene rings is 3. The first-order valence-electron chi connectivity index (χ1n) is 19.2. The first-order valence-corrected chi connectivity index (χ1v) is 19.6. The van der Waals surface area contributed by atoms with Crippen LogP contribution >= 0.6 is 11.6 Å². The molecule has 6 heterocycles. The van der Waals surface area contributed by atoms with Gasteiger partial charge in [-0.05, 0) is 103 Å². The summed E-state index contributed by atoms with van der Waals surface area (Å²) in [5, 5.41) is 12.1. The summed E-state index contributed by atoms with van der Waals surface area (Å²) in [5.74, 6) is -1.12. The Hall–Kier alpha value is -4.99. The monoisotopic (exact) mass is 763 g/mol. The number of halogens is 2. The normalized spacial score (nSPS) is 24.1. The number of nitriles is 1. The molecule has 4 saturated heterocycles. The van der Waals surface area contributed by atoms with Crippen molar-refractivity contribution in [3.05, 3.63) is 93.0 Å². The van der Waals surface area contributed by atoms with Gasteiger partial charge in [-0.2, -0.15) is 5.26 Å². The number of piperidine rings is 2. The van der Waals surface area contributed by atoms with Gasteiger partial charge in [0.05, 0.1) is 23.7 Å². The first-order chi connectivity index (χ1) is 26.4. The molecule has 1 spiro atoms. The van der Waals surface area contributed by atoms with Crippen LogP contribution in [0.4, 0.5) is 15.8 Å². The van der Waals surface area contributed by atoms with E-state index in [2.05, 4.69) is 28.1 Å². The van der Waals surface area contributed by atoms with E-state index in [9.17, 15) is 24.4 Å².